The standard InChI is InChI=1S/C6H15N2O3P/c1-8(2,3)4-5-10-12-11-6(7)9/h4-5H2,1-3H3,(H2,7,9). The fraction of sp³-hybridized carbons (Fsp3) is 0.833. The van der Waals surface area contributed by atoms with Gasteiger partial charge in [0.25, 0.3) is 0 Å². The number of carbonyl (C=O) groups excluding carboxylic acids is 1. The average molecular weight is 194 g/mol. The number of rotatable bonds is 5. The fourth-order valence-corrected chi connectivity index (χ4v) is 0.697. The Balaban J connectivity index is 3.17. The summed E-state index contributed by atoms with van der Waals surface area (Å²) in [5.74, 6) is 0. The summed E-state index contributed by atoms with van der Waals surface area (Å²) >= 11 is 0. The van der Waals surface area contributed by atoms with E-state index in [0.29, 0.717) is 6.61 Å². The second kappa shape index (κ2) is 5.30. The van der Waals surface area contributed by atoms with Crippen molar-refractivity contribution in [3.05, 3.63) is 0 Å². The molecule has 0 rings (SSSR count). The Kier molecular flexibility index (Phi) is 5.13. The summed E-state index contributed by atoms with van der Waals surface area (Å²) in [5, 5.41) is 0. The van der Waals surface area contributed by atoms with E-state index in [0.717, 1.165) is 11.0 Å². The van der Waals surface area contributed by atoms with Gasteiger partial charge in [0.1, 0.15) is 0 Å². The van der Waals surface area contributed by atoms with Crippen LogP contribution < -0.4 is 5.73 Å². The number of nitrogens with two attached hydrogens (primary N) is 1. The van der Waals surface area contributed by atoms with Crippen molar-refractivity contribution in [2.45, 2.75) is 0 Å². The second-order valence-corrected chi connectivity index (χ2v) is 3.92. The first-order valence-corrected chi connectivity index (χ1v) is 4.24. The topological polar surface area (TPSA) is 61.6 Å². The summed E-state index contributed by atoms with van der Waals surface area (Å²) in [6.07, 6.45) is -0.818. The van der Waals surface area contributed by atoms with Crippen molar-refractivity contribution in [3.63, 3.8) is 0 Å². The van der Waals surface area contributed by atoms with E-state index < -0.39 is 6.09 Å². The Morgan fingerprint density at radius 3 is 2.50 bits per heavy atom. The molecule has 0 radical (unpaired) electrons. The van der Waals surface area contributed by atoms with E-state index in [1.54, 1.807) is 0 Å². The molecule has 0 bridgehead atoms. The number of quaternary nitrogens is 1. The Bertz CT molecular complexity index is 146. The van der Waals surface area contributed by atoms with Gasteiger partial charge in [-0.1, -0.05) is 0 Å². The van der Waals surface area contributed by atoms with Crippen LogP contribution in [0.4, 0.5) is 4.79 Å². The number of primary amides is 1. The van der Waals surface area contributed by atoms with Crippen LogP contribution in [-0.2, 0) is 9.05 Å². The Morgan fingerprint density at radius 2 is 2.08 bits per heavy atom. The molecular formula is C6H15N2O3P. The molecule has 72 valence electrons. The minimum absolute atomic E-state index is 0.166. The van der Waals surface area contributed by atoms with Gasteiger partial charge in [-0.25, -0.2) is 4.79 Å². The quantitative estimate of drug-likeness (QED) is 0.395. The summed E-state index contributed by atoms with van der Waals surface area (Å²) in [6.45, 7) is 1.40. The minimum Gasteiger partial charge on any atom is -0.600 e. The van der Waals surface area contributed by atoms with E-state index in [2.05, 4.69) is 25.7 Å². The van der Waals surface area contributed by atoms with Crippen LogP contribution in [0.3, 0.4) is 0 Å². The number of likely N-dealkylation sites (N-methyl/N-ethyl adjacent to an activating group) is 1. The molecule has 12 heavy (non-hydrogen) atoms. The molecule has 0 unspecified atom stereocenters. The van der Waals surface area contributed by atoms with Gasteiger partial charge in [-0.3, -0.25) is 0 Å². The molecule has 0 aliphatic rings. The van der Waals surface area contributed by atoms with Gasteiger partial charge < -0.3 is 19.3 Å². The molecule has 1 amide bonds. The van der Waals surface area contributed by atoms with Crippen molar-refractivity contribution in [2.75, 3.05) is 34.3 Å². The summed E-state index contributed by atoms with van der Waals surface area (Å²) in [5.41, 5.74) is 4.71. The van der Waals surface area contributed by atoms with Gasteiger partial charge in [0.05, 0.1) is 34.3 Å². The highest BCUT2D eigenvalue weighted by atomic mass is 31.1. The van der Waals surface area contributed by atoms with Gasteiger partial charge in [0.15, 0.2) is 0 Å². The minimum atomic E-state index is -0.818. The molecule has 0 saturated heterocycles. The lowest BCUT2D eigenvalue weighted by Crippen LogP contribution is -2.37. The van der Waals surface area contributed by atoms with Crippen molar-refractivity contribution >= 4 is 15.1 Å². The number of hydrogen-bond acceptors (Lipinski definition) is 3. The lowest BCUT2D eigenvalue weighted by atomic mass is 10.5. The molecule has 5 nitrogen and oxygen atoms in total. The highest BCUT2D eigenvalue weighted by Gasteiger charge is 2.03. The number of amides is 1. The first-order valence-electron chi connectivity index (χ1n) is 3.51. The predicted octanol–water partition coefficient (Wildman–Crippen LogP) is 0.581. The van der Waals surface area contributed by atoms with E-state index >= 15 is 0 Å². The zero-order chi connectivity index (χ0) is 9.61. The van der Waals surface area contributed by atoms with Crippen LogP contribution in [0.2, 0.25) is 0 Å². The summed E-state index contributed by atoms with van der Waals surface area (Å²) in [6, 6.07) is 0. The largest absolute Gasteiger partial charge is 0.600 e. The molecule has 0 aromatic carbocycles. The lowest BCUT2D eigenvalue weighted by molar-refractivity contribution is -0.870. The summed E-state index contributed by atoms with van der Waals surface area (Å²) in [4.78, 5) is 10.1. The van der Waals surface area contributed by atoms with Crippen molar-refractivity contribution in [1.82, 2.24) is 0 Å². The second-order valence-electron chi connectivity index (χ2n) is 3.33. The molecular weight excluding hydrogens is 179 g/mol. The molecule has 6 heteroatoms. The molecule has 0 aliphatic carbocycles. The lowest BCUT2D eigenvalue weighted by Gasteiger charge is -2.26. The smallest absolute Gasteiger partial charge is 0.374 e. The number of hydrogen-bond donors (Lipinski definition) is 1. The van der Waals surface area contributed by atoms with Crippen LogP contribution in [0.15, 0.2) is 0 Å². The van der Waals surface area contributed by atoms with Crippen molar-refractivity contribution in [2.24, 2.45) is 5.73 Å². The predicted molar refractivity (Wildman–Crippen MR) is 46.4 cm³/mol. The van der Waals surface area contributed by atoms with E-state index in [1.165, 1.54) is 0 Å². The normalized spacial score (nSPS) is 12.2. The van der Waals surface area contributed by atoms with Crippen LogP contribution in [0.5, 0.6) is 0 Å². The van der Waals surface area contributed by atoms with Crippen LogP contribution in [0, 0.1) is 0 Å². The van der Waals surface area contributed by atoms with Gasteiger partial charge in [-0.15, -0.1) is 0 Å². The Labute approximate surface area is 74.4 Å². The zero-order valence-electron chi connectivity index (χ0n) is 7.61. The Hall–Kier alpha value is -0.380. The third kappa shape index (κ3) is 9.62. The zero-order valence-corrected chi connectivity index (χ0v) is 8.51. The van der Waals surface area contributed by atoms with Gasteiger partial charge in [-0.05, 0) is 0 Å². The van der Waals surface area contributed by atoms with Gasteiger partial charge in [0, 0.05) is 0 Å². The van der Waals surface area contributed by atoms with Crippen LogP contribution in [-0.4, -0.2) is 44.9 Å². The molecule has 0 aromatic rings. The highest BCUT2D eigenvalue weighted by Crippen LogP contribution is 2.12. The molecule has 0 heterocycles. The average Bonchev–Trinajstić information content (AvgIpc) is 1.83. The van der Waals surface area contributed by atoms with E-state index in [1.807, 2.05) is 0 Å². The van der Waals surface area contributed by atoms with Crippen LogP contribution >= 0.6 is 9.03 Å². The molecule has 0 fully saturated rings. The van der Waals surface area contributed by atoms with Crippen LogP contribution in [0.25, 0.3) is 0 Å². The summed E-state index contributed by atoms with van der Waals surface area (Å²) in [7, 11) is 6.32. The maximum Gasteiger partial charge on any atom is 0.374 e. The van der Waals surface area contributed by atoms with E-state index in [9.17, 15) is 4.79 Å². The summed E-state index contributed by atoms with van der Waals surface area (Å²) < 4.78 is 10.1. The molecule has 0 spiro atoms. The fourth-order valence-electron chi connectivity index (χ4n) is 0.415. The van der Waals surface area contributed by atoms with Crippen molar-refractivity contribution in [1.29, 1.82) is 0 Å². The van der Waals surface area contributed by atoms with Crippen molar-refractivity contribution in [3.8, 4) is 0 Å². The van der Waals surface area contributed by atoms with E-state index in [-0.39, 0.29) is 9.03 Å². The first-order chi connectivity index (χ1) is 5.42. The highest BCUT2D eigenvalue weighted by molar-refractivity contribution is 7.26. The monoisotopic (exact) mass is 194 g/mol. The molecule has 0 atom stereocenters. The van der Waals surface area contributed by atoms with Gasteiger partial charge in [0.2, 0.25) is 0 Å². The van der Waals surface area contributed by atoms with Crippen molar-refractivity contribution < 1.29 is 18.3 Å². The number of nitrogens with zero attached hydrogens (tertiary/aromatic N) is 1. The molecule has 0 aromatic heterocycles. The molecule has 0 aliphatic heterocycles. The van der Waals surface area contributed by atoms with E-state index in [4.69, 9.17) is 10.3 Å². The third-order valence-electron chi connectivity index (χ3n) is 1.03. The first kappa shape index (κ1) is 11.6. The molecule has 0 saturated carbocycles. The SMILES string of the molecule is C[N+](C)(C)CCO[P-]OC(N)=O. The van der Waals surface area contributed by atoms with Gasteiger partial charge >= 0.3 is 6.09 Å². The van der Waals surface area contributed by atoms with Gasteiger partial charge in [-0.2, -0.15) is 9.03 Å². The maximum absolute atomic E-state index is 10.1. The third-order valence-corrected chi connectivity index (χ3v) is 1.58. The Morgan fingerprint density at radius 1 is 1.50 bits per heavy atom. The maximum atomic E-state index is 10.1. The number of carbonyl (C=O) groups is 1. The molecule has 2 N–H and O–H groups in total. The van der Waals surface area contributed by atoms with Crippen LogP contribution in [0.1, 0.15) is 0 Å².